The molecule has 1 aliphatic carbocycles. The van der Waals surface area contributed by atoms with Gasteiger partial charge in [0, 0.05) is 5.56 Å². The van der Waals surface area contributed by atoms with E-state index in [0.29, 0.717) is 23.6 Å². The first-order valence-corrected chi connectivity index (χ1v) is 14.3. The standard InChI is InChI=1S/C29H34N2O4S/c1-4-35-28-12-8-7-11-27(28)31(36(3,33)34)20-22-13-15-24(16-14-22)29(32)30-21(2)25-18-17-23-9-5-6-10-26(23)19-25/h7-8,11-19,21H,4-6,9-10,20H2,1-3H3,(H,30,32)/t21-/m1/s1. The zero-order valence-corrected chi connectivity index (χ0v) is 22.0. The van der Waals surface area contributed by atoms with E-state index in [2.05, 4.69) is 23.5 Å². The average molecular weight is 507 g/mol. The summed E-state index contributed by atoms with van der Waals surface area (Å²) in [6.07, 6.45) is 5.88. The van der Waals surface area contributed by atoms with Crippen LogP contribution < -0.4 is 14.4 Å². The summed E-state index contributed by atoms with van der Waals surface area (Å²) in [5.74, 6) is 0.353. The number of fused-ring (bicyclic) bond motifs is 1. The fourth-order valence-corrected chi connectivity index (χ4v) is 5.53. The average Bonchev–Trinajstić information content (AvgIpc) is 2.87. The van der Waals surface area contributed by atoms with Crippen LogP contribution in [-0.2, 0) is 29.4 Å². The number of carbonyl (C=O) groups is 1. The lowest BCUT2D eigenvalue weighted by molar-refractivity contribution is 0.0940. The van der Waals surface area contributed by atoms with E-state index in [0.717, 1.165) is 24.0 Å². The molecule has 190 valence electrons. The van der Waals surface area contributed by atoms with E-state index < -0.39 is 10.0 Å². The molecule has 0 saturated carbocycles. The Balaban J connectivity index is 1.46. The number of ether oxygens (including phenoxy) is 1. The van der Waals surface area contributed by atoms with Crippen molar-refractivity contribution in [3.63, 3.8) is 0 Å². The Morgan fingerprint density at radius 3 is 2.39 bits per heavy atom. The van der Waals surface area contributed by atoms with Gasteiger partial charge in [0.05, 0.1) is 31.1 Å². The molecule has 0 unspecified atom stereocenters. The molecule has 0 aliphatic heterocycles. The lowest BCUT2D eigenvalue weighted by Crippen LogP contribution is -2.30. The van der Waals surface area contributed by atoms with Crippen molar-refractivity contribution >= 4 is 21.6 Å². The number of carbonyl (C=O) groups excluding carboxylic acids is 1. The number of hydrogen-bond donors (Lipinski definition) is 1. The molecule has 0 bridgehead atoms. The van der Waals surface area contributed by atoms with Crippen molar-refractivity contribution in [1.82, 2.24) is 5.32 Å². The summed E-state index contributed by atoms with van der Waals surface area (Å²) in [7, 11) is -3.56. The number of rotatable bonds is 9. The van der Waals surface area contributed by atoms with Crippen LogP contribution in [0, 0.1) is 0 Å². The highest BCUT2D eigenvalue weighted by Crippen LogP contribution is 2.31. The number of aryl methyl sites for hydroxylation is 2. The van der Waals surface area contributed by atoms with Crippen molar-refractivity contribution in [3.05, 3.63) is 94.5 Å². The summed E-state index contributed by atoms with van der Waals surface area (Å²) < 4.78 is 32.2. The second kappa shape index (κ2) is 11.2. The zero-order chi connectivity index (χ0) is 25.7. The molecule has 0 radical (unpaired) electrons. The summed E-state index contributed by atoms with van der Waals surface area (Å²) in [5.41, 5.74) is 5.71. The molecular weight excluding hydrogens is 472 g/mol. The van der Waals surface area contributed by atoms with E-state index in [-0.39, 0.29) is 18.5 Å². The van der Waals surface area contributed by atoms with Gasteiger partial charge < -0.3 is 10.1 Å². The molecule has 1 N–H and O–H groups in total. The third-order valence-corrected chi connectivity index (χ3v) is 7.72. The van der Waals surface area contributed by atoms with E-state index in [1.54, 1.807) is 42.5 Å². The molecule has 0 aromatic heterocycles. The normalized spacial score (nSPS) is 14.0. The lowest BCUT2D eigenvalue weighted by Gasteiger charge is -2.25. The molecule has 0 heterocycles. The van der Waals surface area contributed by atoms with Gasteiger partial charge in [-0.25, -0.2) is 8.42 Å². The van der Waals surface area contributed by atoms with Crippen LogP contribution in [-0.4, -0.2) is 27.2 Å². The van der Waals surface area contributed by atoms with Gasteiger partial charge >= 0.3 is 0 Å². The first-order chi connectivity index (χ1) is 17.3. The molecule has 0 fully saturated rings. The highest BCUT2D eigenvalue weighted by atomic mass is 32.2. The van der Waals surface area contributed by atoms with E-state index in [1.807, 2.05) is 19.9 Å². The molecule has 36 heavy (non-hydrogen) atoms. The smallest absolute Gasteiger partial charge is 0.251 e. The Morgan fingerprint density at radius 1 is 1.00 bits per heavy atom. The molecule has 1 aliphatic rings. The second-order valence-corrected chi connectivity index (χ2v) is 11.2. The van der Waals surface area contributed by atoms with E-state index >= 15 is 0 Å². The van der Waals surface area contributed by atoms with Crippen molar-refractivity contribution in [2.24, 2.45) is 0 Å². The third-order valence-electron chi connectivity index (χ3n) is 6.60. The monoisotopic (exact) mass is 506 g/mol. The van der Waals surface area contributed by atoms with Gasteiger partial charge in [-0.1, -0.05) is 42.5 Å². The van der Waals surface area contributed by atoms with Crippen LogP contribution in [0.4, 0.5) is 5.69 Å². The molecule has 1 amide bonds. The van der Waals surface area contributed by atoms with E-state index in [1.165, 1.54) is 34.5 Å². The van der Waals surface area contributed by atoms with Crippen LogP contribution in [0.3, 0.4) is 0 Å². The zero-order valence-electron chi connectivity index (χ0n) is 21.2. The van der Waals surface area contributed by atoms with Crippen molar-refractivity contribution in [3.8, 4) is 5.75 Å². The first kappa shape index (κ1) is 25.8. The predicted octanol–water partition coefficient (Wildman–Crippen LogP) is 5.42. The maximum Gasteiger partial charge on any atom is 0.251 e. The predicted molar refractivity (Wildman–Crippen MR) is 144 cm³/mol. The number of para-hydroxylation sites is 2. The van der Waals surface area contributed by atoms with E-state index in [9.17, 15) is 13.2 Å². The van der Waals surface area contributed by atoms with Crippen LogP contribution >= 0.6 is 0 Å². The molecular formula is C29H34N2O4S. The molecule has 0 saturated heterocycles. The topological polar surface area (TPSA) is 75.7 Å². The Bertz CT molecular complexity index is 1320. The fraction of sp³-hybridized carbons (Fsp3) is 0.345. The quantitative estimate of drug-likeness (QED) is 0.420. The van der Waals surface area contributed by atoms with Gasteiger partial charge in [-0.15, -0.1) is 0 Å². The molecule has 7 heteroatoms. The van der Waals surface area contributed by atoms with Crippen LogP contribution in [0.15, 0.2) is 66.7 Å². The van der Waals surface area contributed by atoms with Gasteiger partial charge in [-0.05, 0) is 86.1 Å². The van der Waals surface area contributed by atoms with Crippen molar-refractivity contribution in [2.75, 3.05) is 17.2 Å². The minimum absolute atomic E-state index is 0.111. The Kier molecular flexibility index (Phi) is 7.99. The van der Waals surface area contributed by atoms with Crippen molar-refractivity contribution in [1.29, 1.82) is 0 Å². The maximum absolute atomic E-state index is 12.9. The molecule has 4 rings (SSSR count). The minimum atomic E-state index is -3.56. The number of benzene rings is 3. The number of anilines is 1. The van der Waals surface area contributed by atoms with Gasteiger partial charge in [-0.2, -0.15) is 0 Å². The Labute approximate surface area is 214 Å². The molecule has 0 spiro atoms. The Hall–Kier alpha value is -3.32. The summed E-state index contributed by atoms with van der Waals surface area (Å²) in [6, 6.07) is 20.6. The lowest BCUT2D eigenvalue weighted by atomic mass is 9.89. The summed E-state index contributed by atoms with van der Waals surface area (Å²) in [6.45, 7) is 4.42. The van der Waals surface area contributed by atoms with Gasteiger partial charge in [0.25, 0.3) is 5.91 Å². The number of nitrogens with zero attached hydrogens (tertiary/aromatic N) is 1. The molecule has 6 nitrogen and oxygen atoms in total. The van der Waals surface area contributed by atoms with Crippen LogP contribution in [0.25, 0.3) is 0 Å². The van der Waals surface area contributed by atoms with Crippen molar-refractivity contribution in [2.45, 2.75) is 52.1 Å². The van der Waals surface area contributed by atoms with Gasteiger partial charge in [0.15, 0.2) is 0 Å². The summed E-state index contributed by atoms with van der Waals surface area (Å²) >= 11 is 0. The van der Waals surface area contributed by atoms with Gasteiger partial charge in [-0.3, -0.25) is 9.10 Å². The van der Waals surface area contributed by atoms with E-state index in [4.69, 9.17) is 4.74 Å². The fourth-order valence-electron chi connectivity index (χ4n) is 4.64. The maximum atomic E-state index is 12.9. The van der Waals surface area contributed by atoms with Crippen molar-refractivity contribution < 1.29 is 17.9 Å². The molecule has 3 aromatic rings. The first-order valence-electron chi connectivity index (χ1n) is 12.5. The molecule has 3 aromatic carbocycles. The summed E-state index contributed by atoms with van der Waals surface area (Å²) in [4.78, 5) is 12.9. The largest absolute Gasteiger partial charge is 0.492 e. The summed E-state index contributed by atoms with van der Waals surface area (Å²) in [5, 5.41) is 3.09. The number of hydrogen-bond acceptors (Lipinski definition) is 4. The minimum Gasteiger partial charge on any atom is -0.492 e. The third kappa shape index (κ3) is 6.08. The van der Waals surface area contributed by atoms with Gasteiger partial charge in [0.2, 0.25) is 10.0 Å². The van der Waals surface area contributed by atoms with Crippen LogP contribution in [0.1, 0.15) is 65.3 Å². The second-order valence-electron chi connectivity index (χ2n) is 9.30. The highest BCUT2D eigenvalue weighted by molar-refractivity contribution is 7.92. The SMILES string of the molecule is CCOc1ccccc1N(Cc1ccc(C(=O)N[C@H](C)c2ccc3c(c2)CCCC3)cc1)S(C)(=O)=O. The number of nitrogens with one attached hydrogen (secondary N) is 1. The highest BCUT2D eigenvalue weighted by Gasteiger charge is 2.22. The molecule has 1 atom stereocenters. The Morgan fingerprint density at radius 2 is 1.69 bits per heavy atom. The van der Waals surface area contributed by atoms with Crippen LogP contribution in [0.5, 0.6) is 5.75 Å². The number of amides is 1. The van der Waals surface area contributed by atoms with Gasteiger partial charge in [0.1, 0.15) is 5.75 Å². The van der Waals surface area contributed by atoms with Crippen LogP contribution in [0.2, 0.25) is 0 Å². The number of sulfonamides is 1.